The van der Waals surface area contributed by atoms with Crippen LogP contribution in [0.15, 0.2) is 22.7 Å². The van der Waals surface area contributed by atoms with Gasteiger partial charge in [-0.1, -0.05) is 28.9 Å². The lowest BCUT2D eigenvalue weighted by Crippen LogP contribution is -2.39. The second-order valence-corrected chi connectivity index (χ2v) is 6.57. The van der Waals surface area contributed by atoms with Crippen LogP contribution < -0.4 is 0 Å². The maximum Gasteiger partial charge on any atom is 0.222 e. The van der Waals surface area contributed by atoms with Crippen molar-refractivity contribution in [2.45, 2.75) is 39.5 Å². The molecule has 104 valence electrons. The molecule has 0 aromatic heterocycles. The largest absolute Gasteiger partial charge is 0.342 e. The zero-order valence-corrected chi connectivity index (χ0v) is 13.4. The first-order valence-electron chi connectivity index (χ1n) is 7.09. The summed E-state index contributed by atoms with van der Waals surface area (Å²) in [6.45, 7) is 6.23. The molecule has 0 N–H and O–H groups in total. The molecule has 0 bridgehead atoms. The first-order chi connectivity index (χ1) is 9.06. The number of likely N-dealkylation sites (tertiary alicyclic amines) is 1. The van der Waals surface area contributed by atoms with Crippen molar-refractivity contribution in [3.8, 4) is 0 Å². The summed E-state index contributed by atoms with van der Waals surface area (Å²) in [5.74, 6) is 0.969. The minimum Gasteiger partial charge on any atom is -0.342 e. The molecule has 1 heterocycles. The van der Waals surface area contributed by atoms with Gasteiger partial charge >= 0.3 is 0 Å². The molecule has 1 aliphatic heterocycles. The summed E-state index contributed by atoms with van der Waals surface area (Å²) in [5, 5.41) is 0. The number of piperidine rings is 1. The number of benzene rings is 1. The Balaban J connectivity index is 1.91. The Morgan fingerprint density at radius 3 is 3.00 bits per heavy atom. The molecule has 0 saturated carbocycles. The first kappa shape index (κ1) is 14.6. The van der Waals surface area contributed by atoms with Crippen molar-refractivity contribution in [3.05, 3.63) is 33.8 Å². The number of carbonyl (C=O) groups excluding carboxylic acids is 1. The Morgan fingerprint density at radius 2 is 2.26 bits per heavy atom. The van der Waals surface area contributed by atoms with Crippen molar-refractivity contribution in [2.24, 2.45) is 5.92 Å². The van der Waals surface area contributed by atoms with E-state index in [4.69, 9.17) is 0 Å². The number of amides is 1. The van der Waals surface area contributed by atoms with Crippen LogP contribution >= 0.6 is 15.9 Å². The molecule has 1 saturated heterocycles. The molecule has 0 radical (unpaired) electrons. The lowest BCUT2D eigenvalue weighted by Gasteiger charge is -2.31. The van der Waals surface area contributed by atoms with E-state index in [1.54, 1.807) is 0 Å². The van der Waals surface area contributed by atoms with Gasteiger partial charge in [0, 0.05) is 24.0 Å². The van der Waals surface area contributed by atoms with Gasteiger partial charge < -0.3 is 4.90 Å². The highest BCUT2D eigenvalue weighted by molar-refractivity contribution is 9.10. The second-order valence-electron chi connectivity index (χ2n) is 5.66. The van der Waals surface area contributed by atoms with Crippen molar-refractivity contribution in [3.63, 3.8) is 0 Å². The molecule has 3 heteroatoms. The number of nitrogens with zero attached hydrogens (tertiary/aromatic N) is 1. The third-order valence-electron chi connectivity index (χ3n) is 3.93. The molecular weight excluding hydrogens is 302 g/mol. The van der Waals surface area contributed by atoms with Gasteiger partial charge in [-0.2, -0.15) is 0 Å². The predicted octanol–water partition coefficient (Wildman–Crippen LogP) is 3.95. The van der Waals surface area contributed by atoms with E-state index in [-0.39, 0.29) is 0 Å². The van der Waals surface area contributed by atoms with Crippen LogP contribution in [0.2, 0.25) is 0 Å². The first-order valence-corrected chi connectivity index (χ1v) is 7.88. The molecule has 2 nitrogen and oxygen atoms in total. The van der Waals surface area contributed by atoms with Gasteiger partial charge in [0.15, 0.2) is 0 Å². The molecular formula is C16H22BrNO. The molecule has 0 aliphatic carbocycles. The highest BCUT2D eigenvalue weighted by Gasteiger charge is 2.20. The second kappa shape index (κ2) is 6.56. The molecule has 19 heavy (non-hydrogen) atoms. The fraction of sp³-hybridized carbons (Fsp3) is 0.562. The van der Waals surface area contributed by atoms with Crippen molar-refractivity contribution in [1.29, 1.82) is 0 Å². The molecule has 1 atom stereocenters. The van der Waals surface area contributed by atoms with E-state index in [1.807, 2.05) is 11.0 Å². The molecule has 1 amide bonds. The van der Waals surface area contributed by atoms with E-state index in [1.165, 1.54) is 17.5 Å². The number of halogens is 1. The van der Waals surface area contributed by atoms with Crippen LogP contribution in [0.1, 0.15) is 37.3 Å². The van der Waals surface area contributed by atoms with Crippen LogP contribution in [-0.2, 0) is 11.2 Å². The summed E-state index contributed by atoms with van der Waals surface area (Å²) in [4.78, 5) is 14.3. The van der Waals surface area contributed by atoms with Gasteiger partial charge in [0.1, 0.15) is 0 Å². The van der Waals surface area contributed by atoms with E-state index < -0.39 is 0 Å². The highest BCUT2D eigenvalue weighted by atomic mass is 79.9. The van der Waals surface area contributed by atoms with E-state index in [9.17, 15) is 4.79 Å². The van der Waals surface area contributed by atoms with Gasteiger partial charge in [-0.3, -0.25) is 4.79 Å². The average molecular weight is 324 g/mol. The van der Waals surface area contributed by atoms with Gasteiger partial charge in [-0.05, 0) is 55.4 Å². The van der Waals surface area contributed by atoms with Gasteiger partial charge in [-0.15, -0.1) is 0 Å². The lowest BCUT2D eigenvalue weighted by atomic mass is 9.99. The fourth-order valence-electron chi connectivity index (χ4n) is 2.73. The molecule has 1 aliphatic rings. The van der Waals surface area contributed by atoms with Gasteiger partial charge in [0.05, 0.1) is 0 Å². The van der Waals surface area contributed by atoms with Gasteiger partial charge in [0.2, 0.25) is 5.91 Å². The highest BCUT2D eigenvalue weighted by Crippen LogP contribution is 2.19. The molecule has 1 fully saturated rings. The van der Waals surface area contributed by atoms with E-state index in [0.717, 1.165) is 30.4 Å². The number of carbonyl (C=O) groups is 1. The minimum absolute atomic E-state index is 0.311. The zero-order valence-electron chi connectivity index (χ0n) is 11.8. The third kappa shape index (κ3) is 4.07. The number of hydrogen-bond donors (Lipinski definition) is 0. The van der Waals surface area contributed by atoms with E-state index in [2.05, 4.69) is 41.9 Å². The standard InChI is InChI=1S/C16H22BrNO/c1-12-4-3-9-18(11-12)16(19)8-6-14-10-15(17)7-5-13(14)2/h5,7,10,12H,3-4,6,8-9,11H2,1-2H3. The Hall–Kier alpha value is -0.830. The quantitative estimate of drug-likeness (QED) is 0.824. The van der Waals surface area contributed by atoms with Crippen LogP contribution in [-0.4, -0.2) is 23.9 Å². The van der Waals surface area contributed by atoms with Crippen LogP contribution in [0.5, 0.6) is 0 Å². The van der Waals surface area contributed by atoms with Crippen LogP contribution in [0.4, 0.5) is 0 Å². The molecule has 1 aromatic carbocycles. The maximum atomic E-state index is 12.2. The van der Waals surface area contributed by atoms with E-state index >= 15 is 0 Å². The maximum absolute atomic E-state index is 12.2. The van der Waals surface area contributed by atoms with Crippen LogP contribution in [0.25, 0.3) is 0 Å². The summed E-state index contributed by atoms with van der Waals surface area (Å²) >= 11 is 3.49. The molecule has 2 rings (SSSR count). The number of aryl methyl sites for hydroxylation is 2. The molecule has 1 aromatic rings. The van der Waals surface area contributed by atoms with Gasteiger partial charge in [0.25, 0.3) is 0 Å². The van der Waals surface area contributed by atoms with Crippen molar-refractivity contribution < 1.29 is 4.79 Å². The van der Waals surface area contributed by atoms with Crippen LogP contribution in [0, 0.1) is 12.8 Å². The average Bonchev–Trinajstić information content (AvgIpc) is 2.39. The fourth-order valence-corrected chi connectivity index (χ4v) is 3.13. The monoisotopic (exact) mass is 323 g/mol. The van der Waals surface area contributed by atoms with Crippen molar-refractivity contribution >= 4 is 21.8 Å². The number of rotatable bonds is 3. The van der Waals surface area contributed by atoms with Gasteiger partial charge in [-0.25, -0.2) is 0 Å². The third-order valence-corrected chi connectivity index (χ3v) is 4.42. The van der Waals surface area contributed by atoms with Crippen LogP contribution in [0.3, 0.4) is 0 Å². The topological polar surface area (TPSA) is 20.3 Å². The van der Waals surface area contributed by atoms with E-state index in [0.29, 0.717) is 18.2 Å². The summed E-state index contributed by atoms with van der Waals surface area (Å²) in [6.07, 6.45) is 3.89. The summed E-state index contributed by atoms with van der Waals surface area (Å²) in [7, 11) is 0. The Labute approximate surface area is 124 Å². The Bertz CT molecular complexity index is 458. The van der Waals surface area contributed by atoms with Crippen molar-refractivity contribution in [1.82, 2.24) is 4.90 Å². The van der Waals surface area contributed by atoms with Crippen molar-refractivity contribution in [2.75, 3.05) is 13.1 Å². The minimum atomic E-state index is 0.311. The normalized spacial score (nSPS) is 19.5. The smallest absolute Gasteiger partial charge is 0.222 e. The lowest BCUT2D eigenvalue weighted by molar-refractivity contribution is -0.132. The summed E-state index contributed by atoms with van der Waals surface area (Å²) < 4.78 is 1.09. The number of hydrogen-bond acceptors (Lipinski definition) is 1. The Morgan fingerprint density at radius 1 is 1.47 bits per heavy atom. The summed E-state index contributed by atoms with van der Waals surface area (Å²) in [5.41, 5.74) is 2.54. The predicted molar refractivity (Wildman–Crippen MR) is 82.2 cm³/mol. The molecule has 0 spiro atoms. The zero-order chi connectivity index (χ0) is 13.8. The Kier molecular flexibility index (Phi) is 5.03. The molecule has 1 unspecified atom stereocenters. The SMILES string of the molecule is Cc1ccc(Br)cc1CCC(=O)N1CCCC(C)C1. The summed E-state index contributed by atoms with van der Waals surface area (Å²) in [6, 6.07) is 6.28.